The van der Waals surface area contributed by atoms with Gasteiger partial charge in [-0.2, -0.15) is 0 Å². The molecule has 0 saturated carbocycles. The minimum atomic E-state index is -0.668. The molecule has 78 valence electrons. The van der Waals surface area contributed by atoms with Gasteiger partial charge in [0.15, 0.2) is 11.7 Å². The molecule has 0 unspecified atom stereocenters. The molecule has 0 amide bonds. The first-order valence-electron chi connectivity index (χ1n) is 4.15. The van der Waals surface area contributed by atoms with Gasteiger partial charge >= 0.3 is 0 Å². The topological polar surface area (TPSA) is 26.0 Å². The van der Waals surface area contributed by atoms with E-state index in [4.69, 9.17) is 4.42 Å². The smallest absolute Gasteiger partial charge is 0.191 e. The lowest BCUT2D eigenvalue weighted by molar-refractivity contribution is 0.530. The molecule has 0 spiro atoms. The van der Waals surface area contributed by atoms with Crippen LogP contribution >= 0.6 is 15.9 Å². The Morgan fingerprint density at radius 2 is 1.87 bits per heavy atom. The molecule has 1 aromatic carbocycles. The van der Waals surface area contributed by atoms with Crippen molar-refractivity contribution in [1.82, 2.24) is 4.98 Å². The summed E-state index contributed by atoms with van der Waals surface area (Å²) in [7, 11) is 0. The van der Waals surface area contributed by atoms with Crippen molar-refractivity contribution in [2.24, 2.45) is 0 Å². The number of hydrogen-bond acceptors (Lipinski definition) is 2. The Kier molecular flexibility index (Phi) is 2.56. The molecule has 0 saturated heterocycles. The fraction of sp³-hybridized carbons (Fsp3) is 0.100. The van der Waals surface area contributed by atoms with E-state index < -0.39 is 11.6 Å². The average molecular weight is 274 g/mol. The summed E-state index contributed by atoms with van der Waals surface area (Å²) in [5.74, 6) is -0.537. The number of nitrogens with zero attached hydrogens (tertiary/aromatic N) is 1. The van der Waals surface area contributed by atoms with Crippen molar-refractivity contribution in [2.45, 2.75) is 6.92 Å². The predicted octanol–water partition coefficient (Wildman–Crippen LogP) is 3.69. The van der Waals surface area contributed by atoms with Crippen LogP contribution in [-0.2, 0) is 0 Å². The maximum Gasteiger partial charge on any atom is 0.191 e. The van der Waals surface area contributed by atoms with Crippen molar-refractivity contribution < 1.29 is 13.2 Å². The molecule has 1 heterocycles. The lowest BCUT2D eigenvalue weighted by atomic mass is 10.2. The van der Waals surface area contributed by atoms with Crippen LogP contribution in [0.1, 0.15) is 5.89 Å². The lowest BCUT2D eigenvalue weighted by Crippen LogP contribution is -1.86. The van der Waals surface area contributed by atoms with E-state index in [2.05, 4.69) is 20.9 Å². The van der Waals surface area contributed by atoms with E-state index in [1.807, 2.05) is 0 Å². The van der Waals surface area contributed by atoms with Crippen molar-refractivity contribution in [2.75, 3.05) is 0 Å². The number of oxazole rings is 1. The fourth-order valence-corrected chi connectivity index (χ4v) is 1.42. The van der Waals surface area contributed by atoms with Crippen LogP contribution in [0.3, 0.4) is 0 Å². The van der Waals surface area contributed by atoms with Gasteiger partial charge < -0.3 is 4.42 Å². The Labute approximate surface area is 93.1 Å². The van der Waals surface area contributed by atoms with Crippen molar-refractivity contribution in [3.8, 4) is 11.3 Å². The van der Waals surface area contributed by atoms with Crippen molar-refractivity contribution in [1.29, 1.82) is 0 Å². The van der Waals surface area contributed by atoms with Crippen LogP contribution in [-0.4, -0.2) is 4.98 Å². The van der Waals surface area contributed by atoms with Crippen molar-refractivity contribution in [3.63, 3.8) is 0 Å². The number of benzene rings is 1. The first-order chi connectivity index (χ1) is 7.08. The summed E-state index contributed by atoms with van der Waals surface area (Å²) in [6.07, 6.45) is 1.43. The van der Waals surface area contributed by atoms with E-state index in [0.717, 1.165) is 0 Å². The van der Waals surface area contributed by atoms with Gasteiger partial charge in [0, 0.05) is 12.5 Å². The molecule has 0 aliphatic carbocycles. The monoisotopic (exact) mass is 273 g/mol. The maximum absolute atomic E-state index is 13.2. The van der Waals surface area contributed by atoms with Crippen LogP contribution in [0.25, 0.3) is 11.3 Å². The third-order valence-corrected chi connectivity index (χ3v) is 2.65. The highest BCUT2D eigenvalue weighted by molar-refractivity contribution is 9.10. The predicted molar refractivity (Wildman–Crippen MR) is 54.3 cm³/mol. The summed E-state index contributed by atoms with van der Waals surface area (Å²) >= 11 is 2.79. The Bertz CT molecular complexity index is 487. The zero-order valence-electron chi connectivity index (χ0n) is 7.72. The second kappa shape index (κ2) is 3.73. The minimum absolute atomic E-state index is 0.178. The normalized spacial score (nSPS) is 10.7. The van der Waals surface area contributed by atoms with Gasteiger partial charge in [0.25, 0.3) is 0 Å². The van der Waals surface area contributed by atoms with Gasteiger partial charge in [-0.3, -0.25) is 0 Å². The molecule has 0 atom stereocenters. The van der Waals surface area contributed by atoms with Crippen LogP contribution in [0, 0.1) is 18.6 Å². The van der Waals surface area contributed by atoms with E-state index in [-0.39, 0.29) is 4.47 Å². The Balaban J connectivity index is 2.55. The molecule has 0 aliphatic heterocycles. The Morgan fingerprint density at radius 3 is 2.33 bits per heavy atom. The third kappa shape index (κ3) is 1.92. The standard InChI is InChI=1S/C10H6BrF2NO/c1-5-14-4-9(15-5)6-2-7(12)10(11)8(13)3-6/h2-4H,1H3. The van der Waals surface area contributed by atoms with Gasteiger partial charge in [-0.25, -0.2) is 13.8 Å². The first kappa shape index (κ1) is 10.3. The van der Waals surface area contributed by atoms with Crippen molar-refractivity contribution >= 4 is 15.9 Å². The van der Waals surface area contributed by atoms with Gasteiger partial charge in [0.2, 0.25) is 0 Å². The minimum Gasteiger partial charge on any atom is -0.441 e. The molecule has 2 aromatic rings. The highest BCUT2D eigenvalue weighted by atomic mass is 79.9. The second-order valence-corrected chi connectivity index (χ2v) is 3.79. The second-order valence-electron chi connectivity index (χ2n) is 3.00. The molecule has 0 fully saturated rings. The van der Waals surface area contributed by atoms with E-state index >= 15 is 0 Å². The summed E-state index contributed by atoms with van der Waals surface area (Å²) in [5.41, 5.74) is 0.328. The Morgan fingerprint density at radius 1 is 1.27 bits per heavy atom. The number of halogens is 3. The average Bonchev–Trinajstić information content (AvgIpc) is 2.60. The molecule has 15 heavy (non-hydrogen) atoms. The van der Waals surface area contributed by atoms with Gasteiger partial charge in [0.05, 0.1) is 10.7 Å². The van der Waals surface area contributed by atoms with Gasteiger partial charge in [-0.05, 0) is 28.1 Å². The number of aryl methyl sites for hydroxylation is 1. The van der Waals surface area contributed by atoms with E-state index in [0.29, 0.717) is 17.2 Å². The molecule has 2 rings (SSSR count). The van der Waals surface area contributed by atoms with Crippen molar-refractivity contribution in [3.05, 3.63) is 40.3 Å². The molecule has 0 radical (unpaired) electrons. The first-order valence-corrected chi connectivity index (χ1v) is 4.94. The molecule has 5 heteroatoms. The number of hydrogen-bond donors (Lipinski definition) is 0. The van der Waals surface area contributed by atoms with Gasteiger partial charge in [0.1, 0.15) is 11.6 Å². The molecular formula is C10H6BrF2NO. The highest BCUT2D eigenvalue weighted by Crippen LogP contribution is 2.27. The summed E-state index contributed by atoms with van der Waals surface area (Å²) in [4.78, 5) is 3.85. The summed E-state index contributed by atoms with van der Waals surface area (Å²) in [6.45, 7) is 1.66. The van der Waals surface area contributed by atoms with E-state index in [9.17, 15) is 8.78 Å². The van der Waals surface area contributed by atoms with Gasteiger partial charge in [-0.1, -0.05) is 0 Å². The molecule has 2 nitrogen and oxygen atoms in total. The Hall–Kier alpha value is -1.23. The van der Waals surface area contributed by atoms with Crippen LogP contribution in [0.5, 0.6) is 0 Å². The zero-order valence-corrected chi connectivity index (χ0v) is 9.31. The van der Waals surface area contributed by atoms with Crippen LogP contribution in [0.4, 0.5) is 8.78 Å². The highest BCUT2D eigenvalue weighted by Gasteiger charge is 2.11. The summed E-state index contributed by atoms with van der Waals surface area (Å²) < 4.78 is 31.3. The van der Waals surface area contributed by atoms with Crippen LogP contribution < -0.4 is 0 Å². The summed E-state index contributed by atoms with van der Waals surface area (Å²) in [6, 6.07) is 2.38. The fourth-order valence-electron chi connectivity index (χ4n) is 1.19. The number of rotatable bonds is 1. The molecule has 0 N–H and O–H groups in total. The van der Waals surface area contributed by atoms with E-state index in [1.165, 1.54) is 18.3 Å². The largest absolute Gasteiger partial charge is 0.441 e. The molecular weight excluding hydrogens is 268 g/mol. The quantitative estimate of drug-likeness (QED) is 0.741. The maximum atomic E-state index is 13.2. The van der Waals surface area contributed by atoms with Gasteiger partial charge in [-0.15, -0.1) is 0 Å². The third-order valence-electron chi connectivity index (χ3n) is 1.89. The molecule has 0 bridgehead atoms. The lowest BCUT2D eigenvalue weighted by Gasteiger charge is -2.00. The molecule has 0 aliphatic rings. The van der Waals surface area contributed by atoms with Crippen LogP contribution in [0.15, 0.2) is 27.2 Å². The molecule has 1 aromatic heterocycles. The summed E-state index contributed by atoms with van der Waals surface area (Å²) in [5, 5.41) is 0. The SMILES string of the molecule is Cc1ncc(-c2cc(F)c(Br)c(F)c2)o1. The van der Waals surface area contributed by atoms with E-state index in [1.54, 1.807) is 6.92 Å². The van der Waals surface area contributed by atoms with Crippen LogP contribution in [0.2, 0.25) is 0 Å². The number of aromatic nitrogens is 1. The zero-order chi connectivity index (χ0) is 11.0.